The van der Waals surface area contributed by atoms with Gasteiger partial charge in [-0.3, -0.25) is 4.57 Å². The normalized spacial score (nSPS) is 12.1. The summed E-state index contributed by atoms with van der Waals surface area (Å²) in [5.74, 6) is 0. The van der Waals surface area contributed by atoms with Crippen molar-refractivity contribution < 1.29 is 4.42 Å². The van der Waals surface area contributed by atoms with Gasteiger partial charge in [-0.2, -0.15) is 0 Å². The van der Waals surface area contributed by atoms with Gasteiger partial charge in [0.25, 0.3) is 0 Å². The first kappa shape index (κ1) is 29.6. The van der Waals surface area contributed by atoms with Crippen LogP contribution in [0.4, 0.5) is 0 Å². The van der Waals surface area contributed by atoms with Gasteiger partial charge in [0, 0.05) is 38.2 Å². The maximum Gasteiger partial charge on any atom is 0.195 e. The van der Waals surface area contributed by atoms with E-state index in [0.717, 1.165) is 70.7 Å². The number of nitrogens with zero attached hydrogens (tertiary/aromatic N) is 3. The molecule has 0 saturated carbocycles. The summed E-state index contributed by atoms with van der Waals surface area (Å²) in [6.45, 7) is 0. The molecule has 0 unspecified atom stereocenters. The molecule has 54 heavy (non-hydrogen) atoms. The highest BCUT2D eigenvalue weighted by Crippen LogP contribution is 2.45. The predicted octanol–water partition coefficient (Wildman–Crippen LogP) is 13.7. The summed E-state index contributed by atoms with van der Waals surface area (Å²) in [5, 5.41) is 7.99. The van der Waals surface area contributed by atoms with Crippen molar-refractivity contribution in [3.05, 3.63) is 176 Å². The molecule has 8 aromatic carbocycles. The summed E-state index contributed by atoms with van der Waals surface area (Å²) in [7, 11) is 0. The van der Waals surface area contributed by atoms with E-state index in [1.54, 1.807) is 11.3 Å². The van der Waals surface area contributed by atoms with Crippen molar-refractivity contribution in [2.45, 2.75) is 0 Å². The van der Waals surface area contributed by atoms with Gasteiger partial charge >= 0.3 is 0 Å². The van der Waals surface area contributed by atoms with Crippen molar-refractivity contribution in [1.29, 1.82) is 0 Å². The van der Waals surface area contributed by atoms with E-state index in [9.17, 15) is 0 Å². The van der Waals surface area contributed by atoms with Crippen LogP contribution >= 0.6 is 11.3 Å². The van der Waals surface area contributed by atoms with Crippen LogP contribution in [0.1, 0.15) is 0 Å². The zero-order chi connectivity index (χ0) is 35.3. The minimum atomic E-state index is 0.854. The van der Waals surface area contributed by atoms with Crippen LogP contribution in [-0.2, 0) is 0 Å². The van der Waals surface area contributed by atoms with Gasteiger partial charge in [0.1, 0.15) is 11.2 Å². The molecule has 12 aromatic rings. The summed E-state index contributed by atoms with van der Waals surface area (Å²) in [6.07, 6.45) is 0. The number of para-hydroxylation sites is 4. The van der Waals surface area contributed by atoms with Gasteiger partial charge in [-0.1, -0.05) is 139 Å². The SMILES string of the molecule is c1ccc(-c2cc3oc4ccccc4c3c3nc(-n4c5ccccc5c5ccc(-c6ccc7c8ccccc8n(-c8ccccc8)c7c6)cc54)sc23)cc1. The highest BCUT2D eigenvalue weighted by molar-refractivity contribution is 7.21. The zero-order valence-electron chi connectivity index (χ0n) is 28.9. The molecule has 0 saturated heterocycles. The van der Waals surface area contributed by atoms with E-state index in [2.05, 4.69) is 173 Å². The summed E-state index contributed by atoms with van der Waals surface area (Å²) in [4.78, 5) is 5.52. The molecule has 0 aliphatic carbocycles. The Bertz CT molecular complexity index is 3440. The molecular formula is C49H29N3OS. The van der Waals surface area contributed by atoms with E-state index < -0.39 is 0 Å². The molecule has 4 aromatic heterocycles. The fourth-order valence-electron chi connectivity index (χ4n) is 8.56. The first-order valence-electron chi connectivity index (χ1n) is 18.2. The third kappa shape index (κ3) is 4.21. The topological polar surface area (TPSA) is 35.9 Å². The number of rotatable bonds is 4. The van der Waals surface area contributed by atoms with Crippen molar-refractivity contribution in [2.24, 2.45) is 0 Å². The first-order chi connectivity index (χ1) is 26.8. The molecule has 4 nitrogen and oxygen atoms in total. The molecule has 0 amide bonds. The number of hydrogen-bond acceptors (Lipinski definition) is 3. The summed E-state index contributed by atoms with van der Waals surface area (Å²) in [6, 6.07) is 62.9. The monoisotopic (exact) mass is 707 g/mol. The first-order valence-corrected chi connectivity index (χ1v) is 19.0. The molecule has 4 heterocycles. The zero-order valence-corrected chi connectivity index (χ0v) is 29.7. The second-order valence-corrected chi connectivity index (χ2v) is 14.9. The van der Waals surface area contributed by atoms with E-state index in [0.29, 0.717) is 0 Å². The second kappa shape index (κ2) is 11.3. The van der Waals surface area contributed by atoms with Crippen molar-refractivity contribution in [3.8, 4) is 33.1 Å². The Kier molecular flexibility index (Phi) is 6.18. The molecule has 0 aliphatic heterocycles. The summed E-state index contributed by atoms with van der Waals surface area (Å²) < 4.78 is 12.4. The molecule has 0 fully saturated rings. The molecule has 252 valence electrons. The minimum Gasteiger partial charge on any atom is -0.456 e. The lowest BCUT2D eigenvalue weighted by atomic mass is 10.0. The molecule has 0 spiro atoms. The number of fused-ring (bicyclic) bond motifs is 11. The smallest absolute Gasteiger partial charge is 0.195 e. The average Bonchev–Trinajstić information content (AvgIpc) is 3.99. The molecule has 5 heteroatoms. The Labute approximate surface area is 313 Å². The predicted molar refractivity (Wildman–Crippen MR) is 226 cm³/mol. The molecule has 0 N–H and O–H groups in total. The number of aromatic nitrogens is 3. The highest BCUT2D eigenvalue weighted by atomic mass is 32.1. The van der Waals surface area contributed by atoms with Crippen LogP contribution in [0.3, 0.4) is 0 Å². The Hall–Kier alpha value is -6.95. The van der Waals surface area contributed by atoms with Crippen molar-refractivity contribution in [2.75, 3.05) is 0 Å². The van der Waals surface area contributed by atoms with Crippen LogP contribution in [0.25, 0.3) is 109 Å². The maximum atomic E-state index is 6.47. The van der Waals surface area contributed by atoms with Gasteiger partial charge in [-0.25, -0.2) is 4.98 Å². The summed E-state index contributed by atoms with van der Waals surface area (Å²) in [5.41, 5.74) is 13.1. The van der Waals surface area contributed by atoms with Crippen LogP contribution in [0.2, 0.25) is 0 Å². The third-order valence-electron chi connectivity index (χ3n) is 11.0. The molecule has 0 radical (unpaired) electrons. The fourth-order valence-corrected chi connectivity index (χ4v) is 9.70. The van der Waals surface area contributed by atoms with Crippen LogP contribution in [0.15, 0.2) is 180 Å². The lowest BCUT2D eigenvalue weighted by Crippen LogP contribution is -1.94. The van der Waals surface area contributed by atoms with Crippen molar-refractivity contribution in [1.82, 2.24) is 14.1 Å². The van der Waals surface area contributed by atoms with Crippen LogP contribution in [0, 0.1) is 0 Å². The Morgan fingerprint density at radius 1 is 0.426 bits per heavy atom. The van der Waals surface area contributed by atoms with E-state index in [1.807, 2.05) is 12.1 Å². The second-order valence-electron chi connectivity index (χ2n) is 13.9. The lowest BCUT2D eigenvalue weighted by Gasteiger charge is -2.09. The van der Waals surface area contributed by atoms with Crippen molar-refractivity contribution in [3.63, 3.8) is 0 Å². The van der Waals surface area contributed by atoms with E-state index in [-0.39, 0.29) is 0 Å². The van der Waals surface area contributed by atoms with E-state index >= 15 is 0 Å². The average molecular weight is 708 g/mol. The van der Waals surface area contributed by atoms with Gasteiger partial charge in [0.15, 0.2) is 5.13 Å². The van der Waals surface area contributed by atoms with E-state index in [1.165, 1.54) is 38.1 Å². The lowest BCUT2D eigenvalue weighted by molar-refractivity contribution is 0.669. The molecular weight excluding hydrogens is 679 g/mol. The van der Waals surface area contributed by atoms with Crippen LogP contribution < -0.4 is 0 Å². The molecule has 0 bridgehead atoms. The number of thiazole rings is 1. The van der Waals surface area contributed by atoms with Gasteiger partial charge in [-0.15, -0.1) is 0 Å². The van der Waals surface area contributed by atoms with Crippen molar-refractivity contribution >= 4 is 87.1 Å². The molecule has 0 aliphatic rings. The molecule has 0 atom stereocenters. The van der Waals surface area contributed by atoms with Crippen LogP contribution in [-0.4, -0.2) is 14.1 Å². The van der Waals surface area contributed by atoms with Gasteiger partial charge in [0.2, 0.25) is 0 Å². The fraction of sp³-hybridized carbons (Fsp3) is 0. The Morgan fingerprint density at radius 3 is 1.69 bits per heavy atom. The minimum absolute atomic E-state index is 0.854. The van der Waals surface area contributed by atoms with Gasteiger partial charge in [0.05, 0.1) is 37.7 Å². The number of hydrogen-bond donors (Lipinski definition) is 0. The van der Waals surface area contributed by atoms with Gasteiger partial charge < -0.3 is 8.98 Å². The van der Waals surface area contributed by atoms with Crippen LogP contribution in [0.5, 0.6) is 0 Å². The standard InChI is InChI=1S/C49H29N3OS/c1-3-13-30(14-4-1)39-29-45-46(38-19-9-12-22-44(38)53-45)47-48(39)54-49(50-47)52-41-21-11-8-18-35(41)37-26-24-32(28-43(37)52)31-23-25-36-34-17-7-10-20-40(34)51(42(36)27-31)33-15-5-2-6-16-33/h1-29H. The summed E-state index contributed by atoms with van der Waals surface area (Å²) >= 11 is 1.75. The quantitative estimate of drug-likeness (QED) is 0.183. The number of furan rings is 1. The maximum absolute atomic E-state index is 6.47. The van der Waals surface area contributed by atoms with E-state index in [4.69, 9.17) is 9.40 Å². The largest absolute Gasteiger partial charge is 0.456 e. The third-order valence-corrected chi connectivity index (χ3v) is 12.0. The highest BCUT2D eigenvalue weighted by Gasteiger charge is 2.22. The molecule has 12 rings (SSSR count). The Morgan fingerprint density at radius 2 is 0.981 bits per heavy atom. The number of benzene rings is 8. The Balaban J connectivity index is 1.12. The van der Waals surface area contributed by atoms with Gasteiger partial charge in [-0.05, 0) is 65.2 Å².